The molecule has 2 rings (SSSR count). The summed E-state index contributed by atoms with van der Waals surface area (Å²) < 4.78 is 11.7. The lowest BCUT2D eigenvalue weighted by atomic mass is 9.60. The zero-order valence-corrected chi connectivity index (χ0v) is 21.7. The molecular formula is C23H40Cl3NO5. The van der Waals surface area contributed by atoms with Gasteiger partial charge in [-0.05, 0) is 55.8 Å². The Bertz CT molecular complexity index is 562. The van der Waals surface area contributed by atoms with Crippen molar-refractivity contribution >= 4 is 40.7 Å². The van der Waals surface area contributed by atoms with Gasteiger partial charge in [-0.25, -0.2) is 0 Å². The molecule has 2 aliphatic carbocycles. The molecule has 9 heteroatoms. The maximum Gasteiger partial charge on any atom is 0.216 e. The summed E-state index contributed by atoms with van der Waals surface area (Å²) in [6.45, 7) is 6.69. The van der Waals surface area contributed by atoms with E-state index in [1.165, 1.54) is 6.92 Å². The van der Waals surface area contributed by atoms with Gasteiger partial charge in [-0.3, -0.25) is 4.79 Å². The topological polar surface area (TPSA) is 88.0 Å². The van der Waals surface area contributed by atoms with E-state index >= 15 is 0 Å². The van der Waals surface area contributed by atoms with Crippen molar-refractivity contribution in [3.05, 3.63) is 0 Å². The molecule has 2 fully saturated rings. The number of alkyl halides is 3. The van der Waals surface area contributed by atoms with Gasteiger partial charge < -0.3 is 25.0 Å². The molecule has 0 saturated heterocycles. The fourth-order valence-corrected chi connectivity index (χ4v) is 6.18. The molecule has 0 heterocycles. The molecule has 2 unspecified atom stereocenters. The Hall–Kier alpha value is 0.180. The highest BCUT2D eigenvalue weighted by molar-refractivity contribution is 6.24. The third kappa shape index (κ3) is 8.44. The predicted octanol–water partition coefficient (Wildman–Crippen LogP) is 3.69. The predicted molar refractivity (Wildman–Crippen MR) is 129 cm³/mol. The van der Waals surface area contributed by atoms with Crippen molar-refractivity contribution in [1.82, 2.24) is 5.32 Å². The Morgan fingerprint density at radius 3 is 2.09 bits per heavy atom. The molecule has 6 nitrogen and oxygen atoms in total. The Morgan fingerprint density at radius 2 is 1.56 bits per heavy atom. The van der Waals surface area contributed by atoms with Crippen LogP contribution in [0.2, 0.25) is 0 Å². The van der Waals surface area contributed by atoms with Crippen LogP contribution in [0.25, 0.3) is 0 Å². The highest BCUT2D eigenvalue weighted by Gasteiger charge is 2.46. The molecule has 1 amide bonds. The number of amides is 1. The van der Waals surface area contributed by atoms with Gasteiger partial charge in [-0.15, -0.1) is 34.8 Å². The van der Waals surface area contributed by atoms with Crippen LogP contribution in [0.4, 0.5) is 0 Å². The number of rotatable bonds is 11. The van der Waals surface area contributed by atoms with Crippen LogP contribution in [-0.4, -0.2) is 76.9 Å². The van der Waals surface area contributed by atoms with Crippen LogP contribution in [0.15, 0.2) is 0 Å². The van der Waals surface area contributed by atoms with E-state index in [4.69, 9.17) is 44.3 Å². The van der Waals surface area contributed by atoms with Gasteiger partial charge in [0.15, 0.2) is 0 Å². The molecule has 0 spiro atoms. The monoisotopic (exact) mass is 515 g/mol. The number of nitrogens with one attached hydrogen (secondary N) is 1. The Morgan fingerprint density at radius 1 is 1.00 bits per heavy atom. The van der Waals surface area contributed by atoms with Gasteiger partial charge >= 0.3 is 0 Å². The third-order valence-corrected chi connectivity index (χ3v) is 8.49. The first-order valence-electron chi connectivity index (χ1n) is 11.7. The van der Waals surface area contributed by atoms with E-state index in [1.54, 1.807) is 0 Å². The average Bonchev–Trinajstić information content (AvgIpc) is 2.75. The minimum absolute atomic E-state index is 0.0940. The minimum atomic E-state index is -0.706. The maximum absolute atomic E-state index is 10.9. The first kappa shape index (κ1) is 28.4. The zero-order valence-electron chi connectivity index (χ0n) is 19.4. The fraction of sp³-hybridized carbons (Fsp3) is 0.957. The van der Waals surface area contributed by atoms with Gasteiger partial charge in [0.2, 0.25) is 5.91 Å². The van der Waals surface area contributed by atoms with E-state index in [9.17, 15) is 15.0 Å². The first-order valence-corrected chi connectivity index (χ1v) is 13.1. The number of ether oxygens (including phenoxy) is 2. The molecule has 0 bridgehead atoms. The van der Waals surface area contributed by atoms with Crippen LogP contribution in [0.3, 0.4) is 0 Å². The van der Waals surface area contributed by atoms with Crippen molar-refractivity contribution < 1.29 is 24.5 Å². The van der Waals surface area contributed by atoms with Gasteiger partial charge in [-0.1, -0.05) is 13.8 Å². The molecule has 2 aliphatic rings. The molecule has 0 aromatic carbocycles. The lowest BCUT2D eigenvalue weighted by Crippen LogP contribution is -2.48. The molecule has 0 aliphatic heterocycles. The summed E-state index contributed by atoms with van der Waals surface area (Å²) in [6, 6.07) is 0. The number of carbonyl (C=O) groups excluding carboxylic acids is 1. The summed E-state index contributed by atoms with van der Waals surface area (Å²) in [6.07, 6.45) is 4.21. The molecule has 0 aromatic heterocycles. The van der Waals surface area contributed by atoms with Crippen LogP contribution in [-0.2, 0) is 14.3 Å². The smallest absolute Gasteiger partial charge is 0.216 e. The quantitative estimate of drug-likeness (QED) is 0.365. The second-order valence-corrected chi connectivity index (χ2v) is 11.5. The van der Waals surface area contributed by atoms with Crippen LogP contribution >= 0.6 is 34.8 Å². The summed E-state index contributed by atoms with van der Waals surface area (Å²) in [5.74, 6) is 0.925. The summed E-state index contributed by atoms with van der Waals surface area (Å²) in [5, 5.41) is 21.8. The van der Waals surface area contributed by atoms with Gasteiger partial charge in [0.25, 0.3) is 0 Å². The largest absolute Gasteiger partial charge is 0.389 e. The second-order valence-electron chi connectivity index (χ2n) is 10.0. The summed E-state index contributed by atoms with van der Waals surface area (Å²) in [7, 11) is 0. The molecular weight excluding hydrogens is 477 g/mol. The number of hydrogen-bond donors (Lipinski definition) is 3. The molecule has 188 valence electrons. The minimum Gasteiger partial charge on any atom is -0.389 e. The Kier molecular flexibility index (Phi) is 11.8. The van der Waals surface area contributed by atoms with Crippen LogP contribution in [0, 0.1) is 17.3 Å². The van der Waals surface area contributed by atoms with Gasteiger partial charge in [0.05, 0.1) is 54.3 Å². The molecule has 32 heavy (non-hydrogen) atoms. The second kappa shape index (κ2) is 13.3. The van der Waals surface area contributed by atoms with E-state index in [0.29, 0.717) is 11.8 Å². The van der Waals surface area contributed by atoms with E-state index in [2.05, 4.69) is 19.2 Å². The number of carbonyl (C=O) groups is 1. The van der Waals surface area contributed by atoms with E-state index in [-0.39, 0.29) is 59.9 Å². The van der Waals surface area contributed by atoms with Crippen molar-refractivity contribution in [1.29, 1.82) is 0 Å². The van der Waals surface area contributed by atoms with Gasteiger partial charge in [0, 0.05) is 13.5 Å². The third-order valence-electron chi connectivity index (χ3n) is 7.28. The number of hydrogen-bond acceptors (Lipinski definition) is 5. The van der Waals surface area contributed by atoms with E-state index in [0.717, 1.165) is 38.5 Å². The lowest BCUT2D eigenvalue weighted by molar-refractivity contribution is -0.119. The molecule has 3 N–H and O–H groups in total. The lowest BCUT2D eigenvalue weighted by Gasteiger charge is -2.48. The fourth-order valence-electron chi connectivity index (χ4n) is 5.09. The average molecular weight is 517 g/mol. The first-order chi connectivity index (χ1) is 15.0. The normalized spacial score (nSPS) is 33.5. The van der Waals surface area contributed by atoms with Crippen LogP contribution in [0.1, 0.15) is 59.3 Å². The van der Waals surface area contributed by atoms with Crippen LogP contribution in [0.5, 0.6) is 0 Å². The summed E-state index contributed by atoms with van der Waals surface area (Å²) >= 11 is 19.0. The van der Waals surface area contributed by atoms with Crippen molar-refractivity contribution in [3.63, 3.8) is 0 Å². The summed E-state index contributed by atoms with van der Waals surface area (Å²) in [5.41, 5.74) is 0.0940. The molecule has 4 atom stereocenters. The van der Waals surface area contributed by atoms with E-state index in [1.807, 2.05) is 0 Å². The van der Waals surface area contributed by atoms with Crippen molar-refractivity contribution in [2.24, 2.45) is 17.3 Å². The van der Waals surface area contributed by atoms with Gasteiger partial charge in [0.1, 0.15) is 0 Å². The number of aliphatic hydroxyl groups is 2. The molecule has 0 radical (unpaired) electrons. The van der Waals surface area contributed by atoms with Crippen molar-refractivity contribution in [2.45, 2.75) is 94.5 Å². The standard InChI is InChI=1S/C23H40Cl3NO5/c1-14(28)27-11-18(30)13-31-19-6-4-15(5-7-19)23(2,3)16-8-20(25)22(21(26)9-16)32-12-17(29)10-24/h15-22,29-30H,4-13H2,1-3H3,(H,27,28)/t15?,16?,17-,18-,19?,20?,21?,22?/m0/s1. The number of aliphatic hydroxyl groups excluding tert-OH is 2. The number of halogens is 3. The molecule has 2 saturated carbocycles. The highest BCUT2D eigenvalue weighted by atomic mass is 35.5. The Balaban J connectivity index is 1.80. The SMILES string of the molecule is CC(=O)NC[C@H](O)COC1CCC(C(C)(C)C2CC(Cl)C(OC[C@@H](O)CCl)C(Cl)C2)CC1. The highest BCUT2D eigenvalue weighted by Crippen LogP contribution is 2.50. The maximum atomic E-state index is 10.9. The van der Waals surface area contributed by atoms with Gasteiger partial charge in [-0.2, -0.15) is 0 Å². The van der Waals surface area contributed by atoms with Crippen LogP contribution < -0.4 is 5.32 Å². The zero-order chi connectivity index (χ0) is 23.9. The molecule has 0 aromatic rings. The Labute approximate surface area is 207 Å². The summed E-state index contributed by atoms with van der Waals surface area (Å²) in [4.78, 5) is 10.9. The van der Waals surface area contributed by atoms with Crippen molar-refractivity contribution in [3.8, 4) is 0 Å². The van der Waals surface area contributed by atoms with Crippen molar-refractivity contribution in [2.75, 3.05) is 25.6 Å². The van der Waals surface area contributed by atoms with E-state index < -0.39 is 12.2 Å².